The number of fused-ring (bicyclic) bond motifs is 2. The fraction of sp³-hybridized carbons (Fsp3) is 0.731. The Hall–Kier alpha value is -2.19. The lowest BCUT2D eigenvalue weighted by Gasteiger charge is -2.41. The summed E-state index contributed by atoms with van der Waals surface area (Å²) >= 11 is 0. The molecule has 0 bridgehead atoms. The third-order valence-electron chi connectivity index (χ3n) is 7.62. The van der Waals surface area contributed by atoms with E-state index in [9.17, 15) is 19.5 Å². The lowest BCUT2D eigenvalue weighted by atomic mass is 9.74. The smallest absolute Gasteiger partial charge is 0.313 e. The van der Waals surface area contributed by atoms with Crippen molar-refractivity contribution in [1.82, 2.24) is 9.80 Å². The van der Waals surface area contributed by atoms with Crippen LogP contribution >= 0.6 is 0 Å². The van der Waals surface area contributed by atoms with Crippen LogP contribution in [0.4, 0.5) is 0 Å². The van der Waals surface area contributed by atoms with Gasteiger partial charge in [-0.25, -0.2) is 0 Å². The lowest BCUT2D eigenvalue weighted by molar-refractivity contribution is -0.160. The van der Waals surface area contributed by atoms with Crippen LogP contribution in [0.2, 0.25) is 0 Å². The molecule has 34 heavy (non-hydrogen) atoms. The molecule has 0 saturated carbocycles. The van der Waals surface area contributed by atoms with Crippen molar-refractivity contribution in [2.75, 3.05) is 26.3 Å². The Kier molecular flexibility index (Phi) is 6.68. The number of aliphatic hydroxyl groups excluding tert-OH is 1. The van der Waals surface area contributed by atoms with E-state index in [1.807, 2.05) is 52.0 Å². The predicted molar refractivity (Wildman–Crippen MR) is 126 cm³/mol. The molecule has 1 unspecified atom stereocenters. The van der Waals surface area contributed by atoms with Gasteiger partial charge in [-0.15, -0.1) is 0 Å². The van der Waals surface area contributed by atoms with Crippen LogP contribution in [-0.4, -0.2) is 81.8 Å². The van der Waals surface area contributed by atoms with E-state index in [1.54, 1.807) is 9.80 Å². The molecule has 5 atom stereocenters. The first-order chi connectivity index (χ1) is 16.1. The summed E-state index contributed by atoms with van der Waals surface area (Å²) in [5.74, 6) is -2.58. The second kappa shape index (κ2) is 9.11. The van der Waals surface area contributed by atoms with Crippen molar-refractivity contribution in [2.24, 2.45) is 11.8 Å². The van der Waals surface area contributed by atoms with Crippen molar-refractivity contribution < 1.29 is 29.0 Å². The van der Waals surface area contributed by atoms with Gasteiger partial charge >= 0.3 is 5.97 Å². The molecule has 0 aliphatic carbocycles. The highest BCUT2D eigenvalue weighted by Gasteiger charge is 2.74. The molecular weight excluding hydrogens is 436 g/mol. The van der Waals surface area contributed by atoms with Gasteiger partial charge in [-0.2, -0.15) is 0 Å². The third kappa shape index (κ3) is 3.98. The number of nitrogens with zero attached hydrogens (tertiary/aromatic N) is 2. The minimum Gasteiger partial charge on any atom is -0.465 e. The maximum Gasteiger partial charge on any atom is 0.313 e. The van der Waals surface area contributed by atoms with Crippen LogP contribution in [0, 0.1) is 11.8 Å². The van der Waals surface area contributed by atoms with Crippen LogP contribution in [0.3, 0.4) is 0 Å². The largest absolute Gasteiger partial charge is 0.465 e. The van der Waals surface area contributed by atoms with Gasteiger partial charge in [0.1, 0.15) is 17.6 Å². The Morgan fingerprint density at radius 2 is 1.82 bits per heavy atom. The maximum atomic E-state index is 14.1. The van der Waals surface area contributed by atoms with E-state index in [-0.39, 0.29) is 18.4 Å². The molecule has 0 aromatic rings. The van der Waals surface area contributed by atoms with Gasteiger partial charge in [0.2, 0.25) is 11.8 Å². The molecule has 8 heteroatoms. The van der Waals surface area contributed by atoms with Gasteiger partial charge in [0.25, 0.3) is 0 Å². The number of amides is 2. The first kappa shape index (κ1) is 24.9. The highest BCUT2D eigenvalue weighted by Crippen LogP contribution is 2.57. The highest BCUT2D eigenvalue weighted by molar-refractivity contribution is 5.99. The van der Waals surface area contributed by atoms with Crippen LogP contribution in [0.5, 0.6) is 0 Å². The molecule has 4 aliphatic rings. The molecular formula is C26H38N2O6. The van der Waals surface area contributed by atoms with Crippen LogP contribution in [0.1, 0.15) is 59.8 Å². The maximum absolute atomic E-state index is 14.1. The molecule has 2 amide bonds. The summed E-state index contributed by atoms with van der Waals surface area (Å²) in [7, 11) is 0. The van der Waals surface area contributed by atoms with Gasteiger partial charge in [0, 0.05) is 25.2 Å². The van der Waals surface area contributed by atoms with Crippen molar-refractivity contribution in [2.45, 2.75) is 82.6 Å². The molecule has 2 fully saturated rings. The lowest BCUT2D eigenvalue weighted by Crippen LogP contribution is -2.59. The van der Waals surface area contributed by atoms with E-state index >= 15 is 0 Å². The van der Waals surface area contributed by atoms with Gasteiger partial charge in [-0.1, -0.05) is 24.3 Å². The molecule has 0 aromatic heterocycles. The summed E-state index contributed by atoms with van der Waals surface area (Å²) < 4.78 is 12.4. The number of unbranched alkanes of at least 4 members (excludes halogenated alkanes) is 1. The van der Waals surface area contributed by atoms with E-state index in [4.69, 9.17) is 9.47 Å². The Labute approximate surface area is 201 Å². The molecule has 0 aromatic carbocycles. The third-order valence-corrected chi connectivity index (χ3v) is 7.62. The Bertz CT molecular complexity index is 892. The number of rotatable bonds is 4. The number of carbonyl (C=O) groups excluding carboxylic acids is 3. The standard InChI is InChI=1S/C26H38N2O6/c1-24(2,3)28-15-11-13-26-18(21(30)27(14-8-9-16-29)20(26)22(28)31)19-23(32)33-17-10-6-5-7-12-25(19,4)34-26/h7,11-13,18-20,29H,5-6,8-10,14-17H2,1-4H3/b12-7-/t18-,19-,20?,25+,26-/m0/s1. The van der Waals surface area contributed by atoms with E-state index in [0.29, 0.717) is 32.5 Å². The Morgan fingerprint density at radius 1 is 1.06 bits per heavy atom. The molecule has 8 nitrogen and oxygen atoms in total. The van der Waals surface area contributed by atoms with Crippen molar-refractivity contribution in [1.29, 1.82) is 0 Å². The van der Waals surface area contributed by atoms with E-state index < -0.39 is 40.6 Å². The zero-order valence-electron chi connectivity index (χ0n) is 20.8. The summed E-state index contributed by atoms with van der Waals surface area (Å²) in [4.78, 5) is 44.8. The predicted octanol–water partition coefficient (Wildman–Crippen LogP) is 2.21. The SMILES string of the molecule is CC(C)(C)N1CC=C[C@]23O[C@]4(C)/C=C\CCCCOC(=O)[C@@H]4[C@H]2C(=O)N(CCCCO)C3C1=O. The number of likely N-dealkylation sites (tertiary alicyclic amines) is 1. The summed E-state index contributed by atoms with van der Waals surface area (Å²) in [5, 5.41) is 9.29. The first-order valence-electron chi connectivity index (χ1n) is 12.5. The zero-order valence-corrected chi connectivity index (χ0v) is 20.8. The first-order valence-corrected chi connectivity index (χ1v) is 12.5. The fourth-order valence-corrected chi connectivity index (χ4v) is 6.03. The highest BCUT2D eigenvalue weighted by atomic mass is 16.6. The second-order valence-electron chi connectivity index (χ2n) is 11.0. The average Bonchev–Trinajstić information content (AvgIpc) is 3.07. The number of aliphatic hydroxyl groups is 1. The number of esters is 1. The summed E-state index contributed by atoms with van der Waals surface area (Å²) in [6.07, 6.45) is 11.2. The molecule has 2 saturated heterocycles. The Balaban J connectivity index is 1.84. The number of carbonyl (C=O) groups is 3. The normalized spacial score (nSPS) is 37.1. The molecule has 1 spiro atoms. The van der Waals surface area contributed by atoms with Crippen molar-refractivity contribution in [3.8, 4) is 0 Å². The van der Waals surface area contributed by atoms with Crippen LogP contribution in [0.15, 0.2) is 24.3 Å². The molecule has 4 aliphatic heterocycles. The van der Waals surface area contributed by atoms with Gasteiger partial charge in [0.15, 0.2) is 0 Å². The van der Waals surface area contributed by atoms with E-state index in [2.05, 4.69) is 0 Å². The average molecular weight is 475 g/mol. The summed E-state index contributed by atoms with van der Waals surface area (Å²) in [5.41, 5.74) is -2.78. The van der Waals surface area contributed by atoms with E-state index in [0.717, 1.165) is 19.3 Å². The minimum atomic E-state index is -1.26. The topological polar surface area (TPSA) is 96.4 Å². The molecule has 4 rings (SSSR count). The summed E-state index contributed by atoms with van der Waals surface area (Å²) in [6.45, 7) is 8.78. The Morgan fingerprint density at radius 3 is 2.53 bits per heavy atom. The monoisotopic (exact) mass is 474 g/mol. The summed E-state index contributed by atoms with van der Waals surface area (Å²) in [6, 6.07) is -0.877. The van der Waals surface area contributed by atoms with Crippen LogP contribution < -0.4 is 0 Å². The van der Waals surface area contributed by atoms with Gasteiger partial charge in [-0.05, 0) is 59.8 Å². The van der Waals surface area contributed by atoms with Crippen LogP contribution in [-0.2, 0) is 23.9 Å². The van der Waals surface area contributed by atoms with Gasteiger partial charge in [0.05, 0.1) is 18.1 Å². The molecule has 1 N–H and O–H groups in total. The van der Waals surface area contributed by atoms with Crippen LogP contribution in [0.25, 0.3) is 0 Å². The number of allylic oxidation sites excluding steroid dienone is 1. The zero-order chi connectivity index (χ0) is 24.7. The van der Waals surface area contributed by atoms with E-state index in [1.165, 1.54) is 0 Å². The molecule has 4 heterocycles. The number of cyclic esters (lactones) is 1. The number of ether oxygens (including phenoxy) is 2. The van der Waals surface area contributed by atoms with Gasteiger partial charge < -0.3 is 24.4 Å². The number of hydrogen-bond donors (Lipinski definition) is 1. The van der Waals surface area contributed by atoms with Crippen molar-refractivity contribution >= 4 is 17.8 Å². The molecule has 0 radical (unpaired) electrons. The fourth-order valence-electron chi connectivity index (χ4n) is 6.03. The molecule has 188 valence electrons. The number of hydrogen-bond acceptors (Lipinski definition) is 6. The quantitative estimate of drug-likeness (QED) is 0.381. The van der Waals surface area contributed by atoms with Crippen molar-refractivity contribution in [3.05, 3.63) is 24.3 Å². The van der Waals surface area contributed by atoms with Crippen molar-refractivity contribution in [3.63, 3.8) is 0 Å². The second-order valence-corrected chi connectivity index (χ2v) is 11.0. The van der Waals surface area contributed by atoms with Gasteiger partial charge in [-0.3, -0.25) is 14.4 Å². The minimum absolute atomic E-state index is 0.0115.